The number of benzene rings is 1. The maximum Gasteiger partial charge on any atom is 0.254 e. The number of carbonyl (C=O) groups excluding carboxylic acids is 1. The second-order valence-corrected chi connectivity index (χ2v) is 6.22. The van der Waals surface area contributed by atoms with Crippen molar-refractivity contribution in [2.24, 2.45) is 4.99 Å². The van der Waals surface area contributed by atoms with Crippen molar-refractivity contribution in [3.63, 3.8) is 0 Å². The van der Waals surface area contributed by atoms with Crippen LogP contribution in [0.4, 0.5) is 17.5 Å². The zero-order chi connectivity index (χ0) is 19.5. The Balaban J connectivity index is 1.84. The van der Waals surface area contributed by atoms with Gasteiger partial charge in [0.15, 0.2) is 0 Å². The molecule has 0 saturated carbocycles. The van der Waals surface area contributed by atoms with Gasteiger partial charge in [-0.25, -0.2) is 15.0 Å². The van der Waals surface area contributed by atoms with Crippen LogP contribution < -0.4 is 10.6 Å². The van der Waals surface area contributed by atoms with Gasteiger partial charge in [-0.3, -0.25) is 9.36 Å². The van der Waals surface area contributed by atoms with Gasteiger partial charge in [-0.15, -0.1) is 0 Å². The summed E-state index contributed by atoms with van der Waals surface area (Å²) in [6.07, 6.45) is 9.05. The zero-order valence-electron chi connectivity index (χ0n) is 15.7. The Morgan fingerprint density at radius 2 is 2.11 bits per heavy atom. The summed E-state index contributed by atoms with van der Waals surface area (Å²) in [7, 11) is 0. The molecule has 7 heteroatoms. The van der Waals surface area contributed by atoms with Gasteiger partial charge in [-0.1, -0.05) is 18.2 Å². The molecule has 0 unspecified atom stereocenters. The van der Waals surface area contributed by atoms with Gasteiger partial charge >= 0.3 is 0 Å². The topological polar surface area (TPSA) is 84.2 Å². The molecule has 1 aliphatic rings. The van der Waals surface area contributed by atoms with Crippen molar-refractivity contribution in [3.8, 4) is 11.3 Å². The highest BCUT2D eigenvalue weighted by Crippen LogP contribution is 2.36. The third-order valence-corrected chi connectivity index (χ3v) is 4.49. The van der Waals surface area contributed by atoms with Crippen molar-refractivity contribution in [1.82, 2.24) is 19.9 Å². The molecule has 0 atom stereocenters. The van der Waals surface area contributed by atoms with Crippen LogP contribution in [-0.4, -0.2) is 26.7 Å². The van der Waals surface area contributed by atoms with E-state index in [1.165, 1.54) is 0 Å². The smallest absolute Gasteiger partial charge is 0.254 e. The van der Waals surface area contributed by atoms with Crippen LogP contribution in [0, 0.1) is 0 Å². The number of nitrogens with one attached hydrogen (secondary N) is 2. The lowest BCUT2D eigenvalue weighted by Gasteiger charge is -2.13. The Kier molecular flexibility index (Phi) is 4.72. The number of allylic oxidation sites excluding steroid dienone is 1. The lowest BCUT2D eigenvalue weighted by molar-refractivity contribution is 0.0966. The van der Waals surface area contributed by atoms with Crippen LogP contribution >= 0.6 is 0 Å². The summed E-state index contributed by atoms with van der Waals surface area (Å²) in [5, 5.41) is 6.17. The fourth-order valence-corrected chi connectivity index (χ4v) is 3.32. The monoisotopic (exact) mass is 372 g/mol. The molecule has 4 rings (SSSR count). The lowest BCUT2D eigenvalue weighted by atomic mass is 9.99. The normalized spacial score (nSPS) is 13.3. The third kappa shape index (κ3) is 3.07. The highest BCUT2D eigenvalue weighted by Gasteiger charge is 2.27. The number of carbonyl (C=O) groups is 1. The van der Waals surface area contributed by atoms with Crippen LogP contribution in [0.15, 0.2) is 53.8 Å². The third-order valence-electron chi connectivity index (χ3n) is 4.49. The maximum absolute atomic E-state index is 12.5. The Bertz CT molecular complexity index is 1080. The molecule has 0 fully saturated rings. The minimum atomic E-state index is -0.0980. The van der Waals surface area contributed by atoms with Gasteiger partial charge in [0.2, 0.25) is 5.95 Å². The first-order chi connectivity index (χ1) is 13.7. The van der Waals surface area contributed by atoms with Crippen molar-refractivity contribution in [3.05, 3.63) is 59.9 Å². The highest BCUT2D eigenvalue weighted by molar-refractivity contribution is 6.06. The van der Waals surface area contributed by atoms with E-state index in [1.54, 1.807) is 18.6 Å². The van der Waals surface area contributed by atoms with E-state index in [2.05, 4.69) is 25.6 Å². The summed E-state index contributed by atoms with van der Waals surface area (Å²) in [4.78, 5) is 25.6. The minimum absolute atomic E-state index is 0.0980. The molecule has 1 amide bonds. The fraction of sp³-hybridized carbons (Fsp3) is 0.143. The molecule has 0 bridgehead atoms. The van der Waals surface area contributed by atoms with Crippen LogP contribution in [0.5, 0.6) is 0 Å². The summed E-state index contributed by atoms with van der Waals surface area (Å²) in [6, 6.07) is 9.52. The molecule has 0 aliphatic carbocycles. The molecular formula is C21H20N6O. The number of anilines is 2. The van der Waals surface area contributed by atoms with E-state index < -0.39 is 0 Å². The van der Waals surface area contributed by atoms with Gasteiger partial charge in [0, 0.05) is 30.7 Å². The quantitative estimate of drug-likeness (QED) is 0.659. The van der Waals surface area contributed by atoms with Crippen molar-refractivity contribution >= 4 is 35.8 Å². The summed E-state index contributed by atoms with van der Waals surface area (Å²) in [6.45, 7) is 4.26. The SMILES string of the molecule is C/C=C\n1c(-c2ccc(Nc3ccccn3)c3c2CNC3=O)cnc1/N=C\C. The molecule has 2 N–H and O–H groups in total. The van der Waals surface area contributed by atoms with E-state index in [0.717, 1.165) is 22.5 Å². The number of amides is 1. The molecule has 1 aromatic carbocycles. The van der Waals surface area contributed by atoms with E-state index in [0.29, 0.717) is 23.9 Å². The van der Waals surface area contributed by atoms with Gasteiger partial charge in [0.25, 0.3) is 5.91 Å². The fourth-order valence-electron chi connectivity index (χ4n) is 3.32. The molecule has 2 aromatic heterocycles. The highest BCUT2D eigenvalue weighted by atomic mass is 16.1. The van der Waals surface area contributed by atoms with Gasteiger partial charge in [0.05, 0.1) is 23.1 Å². The number of hydrogen-bond acceptors (Lipinski definition) is 5. The number of imidazole rings is 1. The van der Waals surface area contributed by atoms with Crippen LogP contribution in [0.25, 0.3) is 17.5 Å². The molecule has 140 valence electrons. The Labute approximate surface area is 162 Å². The predicted molar refractivity (Wildman–Crippen MR) is 111 cm³/mol. The number of rotatable bonds is 5. The minimum Gasteiger partial charge on any atom is -0.348 e. The van der Waals surface area contributed by atoms with Crippen LogP contribution in [0.1, 0.15) is 29.8 Å². The second kappa shape index (κ2) is 7.48. The van der Waals surface area contributed by atoms with Gasteiger partial charge in [-0.2, -0.15) is 0 Å². The second-order valence-electron chi connectivity index (χ2n) is 6.22. The van der Waals surface area contributed by atoms with Crippen LogP contribution in [-0.2, 0) is 6.54 Å². The molecule has 3 heterocycles. The van der Waals surface area contributed by atoms with E-state index in [-0.39, 0.29) is 5.91 Å². The van der Waals surface area contributed by atoms with E-state index in [4.69, 9.17) is 0 Å². The summed E-state index contributed by atoms with van der Waals surface area (Å²) in [5.41, 5.74) is 4.13. The number of pyridine rings is 1. The largest absolute Gasteiger partial charge is 0.348 e. The van der Waals surface area contributed by atoms with Crippen LogP contribution in [0.2, 0.25) is 0 Å². The van der Waals surface area contributed by atoms with Crippen LogP contribution in [0.3, 0.4) is 0 Å². The zero-order valence-corrected chi connectivity index (χ0v) is 15.7. The molecule has 7 nitrogen and oxygen atoms in total. The number of nitrogens with zero attached hydrogens (tertiary/aromatic N) is 4. The number of fused-ring (bicyclic) bond motifs is 1. The number of aliphatic imine (C=N–C) groups is 1. The van der Waals surface area contributed by atoms with Crippen molar-refractivity contribution < 1.29 is 4.79 Å². The summed E-state index contributed by atoms with van der Waals surface area (Å²) in [5.74, 6) is 1.19. The standard InChI is InChI=1S/C21H20N6O/c1-3-11-27-17(13-25-21(27)22-4-2)14-8-9-16(19-15(14)12-24-20(19)28)26-18-7-5-6-10-23-18/h3-11,13H,12H2,1-2H3,(H,23,26)(H,24,28)/b11-3-,22-4-. The van der Waals surface area contributed by atoms with Gasteiger partial charge in [0.1, 0.15) is 5.82 Å². The van der Waals surface area contributed by atoms with Gasteiger partial charge < -0.3 is 10.6 Å². The first kappa shape index (κ1) is 17.7. The molecule has 0 spiro atoms. The average Bonchev–Trinajstić information content (AvgIpc) is 3.28. The Hall–Kier alpha value is -3.74. The first-order valence-corrected chi connectivity index (χ1v) is 9.04. The predicted octanol–water partition coefficient (Wildman–Crippen LogP) is 4.14. The van der Waals surface area contributed by atoms with E-state index >= 15 is 0 Å². The maximum atomic E-state index is 12.5. The van der Waals surface area contributed by atoms with E-state index in [1.807, 2.05) is 61.0 Å². The summed E-state index contributed by atoms with van der Waals surface area (Å²) < 4.78 is 1.92. The summed E-state index contributed by atoms with van der Waals surface area (Å²) >= 11 is 0. The van der Waals surface area contributed by atoms with Crippen molar-refractivity contribution in [2.75, 3.05) is 5.32 Å². The molecule has 28 heavy (non-hydrogen) atoms. The van der Waals surface area contributed by atoms with Crippen molar-refractivity contribution in [1.29, 1.82) is 0 Å². The molecular weight excluding hydrogens is 352 g/mol. The molecule has 0 saturated heterocycles. The Morgan fingerprint density at radius 1 is 1.21 bits per heavy atom. The average molecular weight is 372 g/mol. The lowest BCUT2D eigenvalue weighted by Crippen LogP contribution is -2.13. The first-order valence-electron chi connectivity index (χ1n) is 9.04. The molecule has 0 radical (unpaired) electrons. The van der Waals surface area contributed by atoms with Gasteiger partial charge in [-0.05, 0) is 37.6 Å². The van der Waals surface area contributed by atoms with Crippen molar-refractivity contribution in [2.45, 2.75) is 20.4 Å². The number of hydrogen-bond donors (Lipinski definition) is 2. The molecule has 1 aliphatic heterocycles. The Morgan fingerprint density at radius 3 is 2.86 bits per heavy atom. The molecule has 3 aromatic rings. The number of aromatic nitrogens is 3. The van der Waals surface area contributed by atoms with E-state index in [9.17, 15) is 4.79 Å².